The van der Waals surface area contributed by atoms with Crippen LogP contribution in [0.3, 0.4) is 0 Å². The summed E-state index contributed by atoms with van der Waals surface area (Å²) in [7, 11) is 0. The average molecular weight is 400 g/mol. The molecule has 3 aromatic rings. The van der Waals surface area contributed by atoms with Crippen molar-refractivity contribution in [2.24, 2.45) is 5.10 Å². The van der Waals surface area contributed by atoms with Gasteiger partial charge in [-0.15, -0.1) is 0 Å². The third kappa shape index (κ3) is 4.74. The second-order valence-electron chi connectivity index (χ2n) is 5.49. The van der Waals surface area contributed by atoms with E-state index in [4.69, 9.17) is 20.8 Å². The predicted molar refractivity (Wildman–Crippen MR) is 103 cm³/mol. The third-order valence-corrected chi connectivity index (χ3v) is 3.90. The van der Waals surface area contributed by atoms with Crippen molar-refractivity contribution in [2.75, 3.05) is 6.61 Å². The molecular weight excluding hydrogens is 386 g/mol. The molecule has 0 bridgehead atoms. The van der Waals surface area contributed by atoms with E-state index in [1.165, 1.54) is 24.4 Å². The number of amides is 1. The fourth-order valence-corrected chi connectivity index (χ4v) is 2.53. The normalized spacial score (nSPS) is 10.8. The van der Waals surface area contributed by atoms with Gasteiger partial charge in [0.25, 0.3) is 5.91 Å². The molecule has 9 heteroatoms. The number of halogens is 1. The van der Waals surface area contributed by atoms with Gasteiger partial charge in [0.05, 0.1) is 16.2 Å². The van der Waals surface area contributed by atoms with Crippen molar-refractivity contribution in [2.45, 2.75) is 0 Å². The summed E-state index contributed by atoms with van der Waals surface area (Å²) in [6, 6.07) is 16.4. The Morgan fingerprint density at radius 3 is 2.71 bits per heavy atom. The minimum atomic E-state index is -0.584. The van der Waals surface area contributed by atoms with E-state index in [9.17, 15) is 14.9 Å². The number of furan rings is 1. The lowest BCUT2D eigenvalue weighted by atomic mass is 10.2. The number of carbonyl (C=O) groups excluding carboxylic acids is 1. The van der Waals surface area contributed by atoms with Crippen LogP contribution in [0.25, 0.3) is 11.3 Å². The number of hydrogen-bond acceptors (Lipinski definition) is 6. The van der Waals surface area contributed by atoms with Crippen LogP contribution in [0.2, 0.25) is 5.02 Å². The van der Waals surface area contributed by atoms with Crippen LogP contribution in [0, 0.1) is 10.1 Å². The molecule has 1 N–H and O–H groups in total. The maximum Gasteiger partial charge on any atom is 0.310 e. The summed E-state index contributed by atoms with van der Waals surface area (Å²) in [5, 5.41) is 15.2. The van der Waals surface area contributed by atoms with Gasteiger partial charge in [0.2, 0.25) is 0 Å². The molecule has 3 rings (SSSR count). The summed E-state index contributed by atoms with van der Waals surface area (Å²) in [4.78, 5) is 22.1. The second-order valence-corrected chi connectivity index (χ2v) is 5.90. The maximum atomic E-state index is 11.8. The van der Waals surface area contributed by atoms with E-state index < -0.39 is 17.4 Å². The van der Waals surface area contributed by atoms with Crippen LogP contribution < -0.4 is 10.2 Å². The second kappa shape index (κ2) is 8.83. The highest BCUT2D eigenvalue weighted by Gasteiger charge is 2.14. The molecule has 0 radical (unpaired) electrons. The van der Waals surface area contributed by atoms with Crippen LogP contribution in [0.1, 0.15) is 5.76 Å². The van der Waals surface area contributed by atoms with Crippen molar-refractivity contribution in [3.63, 3.8) is 0 Å². The molecule has 1 heterocycles. The summed E-state index contributed by atoms with van der Waals surface area (Å²) in [6.07, 6.45) is 1.32. The molecule has 0 aliphatic rings. The van der Waals surface area contributed by atoms with Crippen LogP contribution in [-0.2, 0) is 4.79 Å². The fourth-order valence-electron chi connectivity index (χ4n) is 2.30. The van der Waals surface area contributed by atoms with Gasteiger partial charge in [-0.3, -0.25) is 14.9 Å². The maximum absolute atomic E-state index is 11.8. The SMILES string of the molecule is O=C(COc1ccccc1[N+](=O)[O-])NN=Cc1ccc(-c2ccccc2Cl)o1. The van der Waals surface area contributed by atoms with Gasteiger partial charge in [0.15, 0.2) is 12.4 Å². The standard InChI is InChI=1S/C19H14ClN3O5/c20-15-6-2-1-5-14(15)17-10-9-13(28-17)11-21-22-19(24)12-27-18-8-4-3-7-16(18)23(25)26/h1-11H,12H2,(H,22,24). The lowest BCUT2D eigenvalue weighted by Gasteiger charge is -2.05. The average Bonchev–Trinajstić information content (AvgIpc) is 3.15. The summed E-state index contributed by atoms with van der Waals surface area (Å²) in [5.41, 5.74) is 2.78. The first-order valence-electron chi connectivity index (χ1n) is 8.07. The topological polar surface area (TPSA) is 107 Å². The molecule has 1 aromatic heterocycles. The molecule has 142 valence electrons. The number of nitrogens with one attached hydrogen (secondary N) is 1. The molecule has 8 nitrogen and oxygen atoms in total. The number of hydrogen-bond donors (Lipinski definition) is 1. The summed E-state index contributed by atoms with van der Waals surface area (Å²) in [5.74, 6) is 0.405. The summed E-state index contributed by atoms with van der Waals surface area (Å²) >= 11 is 6.12. The van der Waals surface area contributed by atoms with Gasteiger partial charge in [-0.05, 0) is 30.3 Å². The minimum absolute atomic E-state index is 0.00189. The fraction of sp³-hybridized carbons (Fsp3) is 0.0526. The molecule has 2 aromatic carbocycles. The van der Waals surface area contributed by atoms with Crippen LogP contribution in [0.4, 0.5) is 5.69 Å². The Balaban J connectivity index is 1.55. The van der Waals surface area contributed by atoms with Crippen molar-refractivity contribution in [3.8, 4) is 17.1 Å². The lowest BCUT2D eigenvalue weighted by Crippen LogP contribution is -2.24. The predicted octanol–water partition coefficient (Wildman–Crippen LogP) is 4.04. The number of nitro benzene ring substituents is 1. The molecule has 1 amide bonds. The highest BCUT2D eigenvalue weighted by atomic mass is 35.5. The molecular formula is C19H14ClN3O5. The monoisotopic (exact) mass is 399 g/mol. The van der Waals surface area contributed by atoms with Gasteiger partial charge < -0.3 is 9.15 Å². The Bertz CT molecular complexity index is 1030. The lowest BCUT2D eigenvalue weighted by molar-refractivity contribution is -0.385. The first-order valence-corrected chi connectivity index (χ1v) is 8.45. The van der Waals surface area contributed by atoms with E-state index in [0.29, 0.717) is 16.5 Å². The number of ether oxygens (including phenoxy) is 1. The number of rotatable bonds is 7. The van der Waals surface area contributed by atoms with Crippen molar-refractivity contribution in [1.82, 2.24) is 5.43 Å². The molecule has 0 atom stereocenters. The van der Waals surface area contributed by atoms with Crippen molar-refractivity contribution in [3.05, 3.63) is 81.6 Å². The van der Waals surface area contributed by atoms with Crippen molar-refractivity contribution < 1.29 is 18.9 Å². The molecule has 0 spiro atoms. The number of hydrazone groups is 1. The van der Waals surface area contributed by atoms with Crippen molar-refractivity contribution in [1.29, 1.82) is 0 Å². The quantitative estimate of drug-likeness (QED) is 0.366. The number of para-hydroxylation sites is 2. The van der Waals surface area contributed by atoms with Crippen LogP contribution in [0.5, 0.6) is 5.75 Å². The Morgan fingerprint density at radius 2 is 1.93 bits per heavy atom. The number of nitrogens with zero attached hydrogens (tertiary/aromatic N) is 2. The van der Waals surface area contributed by atoms with E-state index in [-0.39, 0.29) is 11.4 Å². The Labute approximate surface area is 164 Å². The molecule has 0 saturated heterocycles. The largest absolute Gasteiger partial charge is 0.477 e. The molecule has 0 saturated carbocycles. The van der Waals surface area contributed by atoms with E-state index in [0.717, 1.165) is 5.56 Å². The zero-order valence-electron chi connectivity index (χ0n) is 14.4. The Hall–Kier alpha value is -3.65. The van der Waals surface area contributed by atoms with Gasteiger partial charge >= 0.3 is 5.69 Å². The van der Waals surface area contributed by atoms with E-state index in [2.05, 4.69) is 10.5 Å². The van der Waals surface area contributed by atoms with E-state index >= 15 is 0 Å². The van der Waals surface area contributed by atoms with Gasteiger partial charge in [-0.2, -0.15) is 5.10 Å². The minimum Gasteiger partial charge on any atom is -0.477 e. The summed E-state index contributed by atoms with van der Waals surface area (Å²) in [6.45, 7) is -0.425. The van der Waals surface area contributed by atoms with E-state index in [1.807, 2.05) is 18.2 Å². The summed E-state index contributed by atoms with van der Waals surface area (Å²) < 4.78 is 10.8. The van der Waals surface area contributed by atoms with Crippen LogP contribution in [-0.4, -0.2) is 23.7 Å². The first-order chi connectivity index (χ1) is 13.5. The van der Waals surface area contributed by atoms with Crippen LogP contribution >= 0.6 is 11.6 Å². The first kappa shape index (κ1) is 19.1. The van der Waals surface area contributed by atoms with Gasteiger partial charge in [-0.25, -0.2) is 5.43 Å². The Morgan fingerprint density at radius 1 is 1.18 bits per heavy atom. The van der Waals surface area contributed by atoms with Crippen LogP contribution in [0.15, 0.2) is 70.2 Å². The zero-order valence-corrected chi connectivity index (χ0v) is 15.1. The number of benzene rings is 2. The van der Waals surface area contributed by atoms with Crippen molar-refractivity contribution >= 4 is 29.4 Å². The molecule has 0 fully saturated rings. The number of nitro groups is 1. The molecule has 0 aliphatic carbocycles. The zero-order chi connectivity index (χ0) is 19.9. The highest BCUT2D eigenvalue weighted by Crippen LogP contribution is 2.28. The van der Waals surface area contributed by atoms with Gasteiger partial charge in [-0.1, -0.05) is 35.9 Å². The molecule has 0 aliphatic heterocycles. The highest BCUT2D eigenvalue weighted by molar-refractivity contribution is 6.33. The molecule has 28 heavy (non-hydrogen) atoms. The smallest absolute Gasteiger partial charge is 0.310 e. The van der Waals surface area contributed by atoms with Gasteiger partial charge in [0.1, 0.15) is 11.5 Å². The Kier molecular flexibility index (Phi) is 6.03. The molecule has 0 unspecified atom stereocenters. The van der Waals surface area contributed by atoms with E-state index in [1.54, 1.807) is 24.3 Å². The number of carbonyl (C=O) groups is 1. The third-order valence-electron chi connectivity index (χ3n) is 3.57. The van der Waals surface area contributed by atoms with Gasteiger partial charge in [0, 0.05) is 11.6 Å².